The van der Waals surface area contributed by atoms with Crippen molar-refractivity contribution >= 4 is 23.4 Å². The number of hydrogen-bond acceptors (Lipinski definition) is 7. The van der Waals surface area contributed by atoms with Crippen LogP contribution in [0.25, 0.3) is 0 Å². The minimum atomic E-state index is -1.29. The average Bonchev–Trinajstić information content (AvgIpc) is 2.56. The fraction of sp³-hybridized carbons (Fsp3) is 0.0588. The van der Waals surface area contributed by atoms with E-state index in [0.717, 1.165) is 24.3 Å². The second-order valence-electron chi connectivity index (χ2n) is 5.54. The summed E-state index contributed by atoms with van der Waals surface area (Å²) in [5.74, 6) is -5.51. The summed E-state index contributed by atoms with van der Waals surface area (Å²) in [5.41, 5.74) is -1.55. The van der Waals surface area contributed by atoms with Crippen molar-refractivity contribution in [3.63, 3.8) is 0 Å². The van der Waals surface area contributed by atoms with E-state index in [1.807, 2.05) is 0 Å². The van der Waals surface area contributed by atoms with Crippen molar-refractivity contribution in [2.45, 2.75) is 0 Å². The molecule has 0 spiro atoms. The van der Waals surface area contributed by atoms with Gasteiger partial charge in [0.05, 0.1) is 11.1 Å². The monoisotopic (exact) mass is 357 g/mol. The number of aromatic hydroxyl groups is 3. The molecule has 0 atom stereocenters. The zero-order valence-electron chi connectivity index (χ0n) is 12.9. The normalized spacial score (nSPS) is 12.3. The molecule has 0 unspecified atom stereocenters. The second-order valence-corrected chi connectivity index (χ2v) is 5.54. The highest BCUT2D eigenvalue weighted by molar-refractivity contribution is 6.30. The Morgan fingerprint density at radius 1 is 0.846 bits per heavy atom. The van der Waals surface area contributed by atoms with Gasteiger partial charge >= 0.3 is 5.97 Å². The minimum absolute atomic E-state index is 0.225. The fourth-order valence-electron chi connectivity index (χ4n) is 2.73. The molecule has 1 aliphatic rings. The Labute approximate surface area is 145 Å². The zero-order chi connectivity index (χ0) is 19.2. The Morgan fingerprint density at radius 3 is 2.04 bits per heavy atom. The van der Waals surface area contributed by atoms with E-state index in [1.165, 1.54) is 0 Å². The number of ketones is 2. The molecule has 0 aliphatic heterocycles. The SMILES string of the molecule is O=C(O)CNC(=O)c1cc(O)c2c(c1)C(=O)c1cc(O)cc(O)c1C2=O. The Kier molecular flexibility index (Phi) is 3.84. The van der Waals surface area contributed by atoms with Crippen molar-refractivity contribution < 1.29 is 39.6 Å². The minimum Gasteiger partial charge on any atom is -0.508 e. The Morgan fingerprint density at radius 2 is 1.42 bits per heavy atom. The molecule has 0 saturated carbocycles. The van der Waals surface area contributed by atoms with Crippen LogP contribution >= 0.6 is 0 Å². The fourth-order valence-corrected chi connectivity index (χ4v) is 2.73. The van der Waals surface area contributed by atoms with Crippen molar-refractivity contribution in [1.29, 1.82) is 0 Å². The van der Waals surface area contributed by atoms with Gasteiger partial charge in [0.15, 0.2) is 5.78 Å². The lowest BCUT2D eigenvalue weighted by molar-refractivity contribution is -0.135. The van der Waals surface area contributed by atoms with Crippen LogP contribution in [0.1, 0.15) is 42.2 Å². The van der Waals surface area contributed by atoms with Crippen LogP contribution in [0.3, 0.4) is 0 Å². The number of aliphatic carboxylic acids is 1. The van der Waals surface area contributed by atoms with Crippen LogP contribution in [0.4, 0.5) is 0 Å². The standard InChI is InChI=1S/C17H11NO8/c19-7-3-9-14(11(21)4-7)16(25)13-8(15(9)24)1-6(2-10(13)20)17(26)18-5-12(22)23/h1-4,19-21H,5H2,(H,18,26)(H,22,23). The first-order valence-electron chi connectivity index (χ1n) is 7.23. The molecule has 2 aromatic carbocycles. The van der Waals surface area contributed by atoms with Crippen LogP contribution in [0, 0.1) is 0 Å². The predicted molar refractivity (Wildman–Crippen MR) is 84.7 cm³/mol. The number of benzene rings is 2. The number of hydrogen-bond donors (Lipinski definition) is 5. The maximum atomic E-state index is 12.6. The van der Waals surface area contributed by atoms with E-state index >= 15 is 0 Å². The van der Waals surface area contributed by atoms with E-state index in [2.05, 4.69) is 5.32 Å². The molecule has 0 radical (unpaired) electrons. The van der Waals surface area contributed by atoms with Crippen LogP contribution in [0.5, 0.6) is 17.2 Å². The number of nitrogens with one attached hydrogen (secondary N) is 1. The summed E-state index contributed by atoms with van der Waals surface area (Å²) in [4.78, 5) is 47.7. The van der Waals surface area contributed by atoms with E-state index in [-0.39, 0.29) is 22.3 Å². The van der Waals surface area contributed by atoms with Gasteiger partial charge in [-0.3, -0.25) is 19.2 Å². The van der Waals surface area contributed by atoms with Crippen molar-refractivity contribution in [1.82, 2.24) is 5.32 Å². The molecular formula is C17H11NO8. The van der Waals surface area contributed by atoms with E-state index in [9.17, 15) is 34.5 Å². The maximum absolute atomic E-state index is 12.6. The molecule has 26 heavy (non-hydrogen) atoms. The summed E-state index contributed by atoms with van der Waals surface area (Å²) in [5, 5.41) is 40.2. The summed E-state index contributed by atoms with van der Waals surface area (Å²) in [6.45, 7) is -0.672. The number of rotatable bonds is 3. The van der Waals surface area contributed by atoms with Crippen molar-refractivity contribution in [2.24, 2.45) is 0 Å². The van der Waals surface area contributed by atoms with Gasteiger partial charge in [-0.05, 0) is 18.2 Å². The van der Waals surface area contributed by atoms with Gasteiger partial charge in [0, 0.05) is 22.8 Å². The number of fused-ring (bicyclic) bond motifs is 2. The number of carboxylic acid groups (broad SMARTS) is 1. The molecule has 0 aromatic heterocycles. The molecule has 0 bridgehead atoms. The van der Waals surface area contributed by atoms with Gasteiger partial charge in [-0.1, -0.05) is 0 Å². The van der Waals surface area contributed by atoms with Gasteiger partial charge in [0.2, 0.25) is 5.78 Å². The van der Waals surface area contributed by atoms with Crippen LogP contribution in [-0.4, -0.2) is 50.4 Å². The topological polar surface area (TPSA) is 161 Å². The summed E-state index contributed by atoms with van der Waals surface area (Å²) < 4.78 is 0. The van der Waals surface area contributed by atoms with Crippen molar-refractivity contribution in [3.05, 3.63) is 52.1 Å². The van der Waals surface area contributed by atoms with Gasteiger partial charge in [0.1, 0.15) is 23.8 Å². The Balaban J connectivity index is 2.13. The quantitative estimate of drug-likeness (QED) is 0.450. The smallest absolute Gasteiger partial charge is 0.322 e. The molecule has 5 N–H and O–H groups in total. The summed E-state index contributed by atoms with van der Waals surface area (Å²) in [7, 11) is 0. The van der Waals surface area contributed by atoms with Gasteiger partial charge < -0.3 is 25.7 Å². The van der Waals surface area contributed by atoms with Crippen LogP contribution < -0.4 is 5.32 Å². The highest BCUT2D eigenvalue weighted by Crippen LogP contribution is 2.39. The number of carbonyl (C=O) groups excluding carboxylic acids is 3. The number of carboxylic acids is 1. The third-order valence-electron chi connectivity index (χ3n) is 3.83. The second kappa shape index (κ2) is 5.88. The number of amides is 1. The van der Waals surface area contributed by atoms with Gasteiger partial charge in [-0.25, -0.2) is 0 Å². The molecule has 1 amide bonds. The number of phenols is 3. The van der Waals surface area contributed by atoms with Crippen LogP contribution in [0.2, 0.25) is 0 Å². The lowest BCUT2D eigenvalue weighted by Gasteiger charge is -2.20. The lowest BCUT2D eigenvalue weighted by atomic mass is 9.82. The zero-order valence-corrected chi connectivity index (χ0v) is 12.9. The largest absolute Gasteiger partial charge is 0.508 e. The number of phenolic OH excluding ortho intramolecular Hbond substituents is 3. The lowest BCUT2D eigenvalue weighted by Crippen LogP contribution is -2.30. The first-order chi connectivity index (χ1) is 12.2. The van der Waals surface area contributed by atoms with Crippen molar-refractivity contribution in [2.75, 3.05) is 6.54 Å². The number of carbonyl (C=O) groups is 4. The van der Waals surface area contributed by atoms with Crippen molar-refractivity contribution in [3.8, 4) is 17.2 Å². The molecule has 0 heterocycles. The maximum Gasteiger partial charge on any atom is 0.322 e. The molecule has 132 valence electrons. The average molecular weight is 357 g/mol. The molecule has 0 saturated heterocycles. The highest BCUT2D eigenvalue weighted by atomic mass is 16.4. The highest BCUT2D eigenvalue weighted by Gasteiger charge is 2.35. The Hall–Kier alpha value is -3.88. The first kappa shape index (κ1) is 17.0. The molecule has 9 heteroatoms. The summed E-state index contributed by atoms with van der Waals surface area (Å²) in [6, 6.07) is 3.84. The van der Waals surface area contributed by atoms with Crippen LogP contribution in [-0.2, 0) is 4.79 Å². The third kappa shape index (κ3) is 2.61. The van der Waals surface area contributed by atoms with Gasteiger partial charge in [-0.15, -0.1) is 0 Å². The van der Waals surface area contributed by atoms with E-state index in [1.54, 1.807) is 0 Å². The van der Waals surface area contributed by atoms with Gasteiger partial charge in [-0.2, -0.15) is 0 Å². The molecule has 0 fully saturated rings. The molecule has 3 rings (SSSR count). The van der Waals surface area contributed by atoms with E-state index in [4.69, 9.17) is 5.11 Å². The first-order valence-corrected chi connectivity index (χ1v) is 7.23. The third-order valence-corrected chi connectivity index (χ3v) is 3.83. The summed E-state index contributed by atoms with van der Waals surface area (Å²) in [6.07, 6.45) is 0. The Bertz CT molecular complexity index is 1010. The molecule has 1 aliphatic carbocycles. The van der Waals surface area contributed by atoms with Gasteiger partial charge in [0.25, 0.3) is 5.91 Å². The summed E-state index contributed by atoms with van der Waals surface area (Å²) >= 11 is 0. The molecule has 2 aromatic rings. The van der Waals surface area contributed by atoms with E-state index < -0.39 is 52.8 Å². The predicted octanol–water partition coefficient (Wildman–Crippen LogP) is 0.393. The van der Waals surface area contributed by atoms with Crippen LogP contribution in [0.15, 0.2) is 24.3 Å². The molecular weight excluding hydrogens is 346 g/mol. The van der Waals surface area contributed by atoms with E-state index in [0.29, 0.717) is 0 Å². The molecule has 9 nitrogen and oxygen atoms in total.